The van der Waals surface area contributed by atoms with Gasteiger partial charge in [0.1, 0.15) is 0 Å². The van der Waals surface area contributed by atoms with E-state index in [4.69, 9.17) is 5.11 Å². The molecule has 0 aliphatic carbocycles. The second kappa shape index (κ2) is 12.2. The number of amides is 1. The zero-order valence-corrected chi connectivity index (χ0v) is 22.7. The van der Waals surface area contributed by atoms with Crippen molar-refractivity contribution < 1.29 is 27.9 Å². The monoisotopic (exact) mass is 549 g/mol. The van der Waals surface area contributed by atoms with Crippen molar-refractivity contribution in [2.75, 3.05) is 6.54 Å². The molecule has 198 valence electrons. The standard InChI is InChI=1S/C28H30F3NO3S2/c1-16(2)13-24(22-9-10-23(37-22)27(35)32-12-11-25(33)34)36-21-14-17(3)26(18(4)15-21)19-5-7-20(8-6-19)28(29,30)31/h5-10,14-16,24H,11-13H2,1-4H3,(H,32,35)(H,33,34)/t24-/m1/s1. The van der Waals surface area contributed by atoms with Crippen LogP contribution < -0.4 is 5.32 Å². The van der Waals surface area contributed by atoms with Crippen molar-refractivity contribution in [2.24, 2.45) is 5.92 Å². The summed E-state index contributed by atoms with van der Waals surface area (Å²) in [7, 11) is 0. The molecule has 37 heavy (non-hydrogen) atoms. The van der Waals surface area contributed by atoms with Crippen LogP contribution in [0.3, 0.4) is 0 Å². The number of thioether (sulfide) groups is 1. The molecule has 2 N–H and O–H groups in total. The van der Waals surface area contributed by atoms with Gasteiger partial charge in [0.2, 0.25) is 0 Å². The van der Waals surface area contributed by atoms with Gasteiger partial charge >= 0.3 is 12.1 Å². The van der Waals surface area contributed by atoms with Crippen LogP contribution in [0.4, 0.5) is 13.2 Å². The third-order valence-corrected chi connectivity index (χ3v) is 8.35. The first kappa shape index (κ1) is 28.8. The summed E-state index contributed by atoms with van der Waals surface area (Å²) < 4.78 is 38.9. The van der Waals surface area contributed by atoms with Gasteiger partial charge in [0.15, 0.2) is 0 Å². The molecule has 4 nitrogen and oxygen atoms in total. The molecule has 1 aromatic heterocycles. The minimum Gasteiger partial charge on any atom is -0.481 e. The van der Waals surface area contributed by atoms with Gasteiger partial charge in [-0.3, -0.25) is 9.59 Å². The Morgan fingerprint density at radius 3 is 2.19 bits per heavy atom. The number of rotatable bonds is 10. The Labute approximate surface area is 223 Å². The minimum atomic E-state index is -4.37. The second-order valence-corrected chi connectivity index (χ2v) is 11.7. The molecule has 0 saturated heterocycles. The summed E-state index contributed by atoms with van der Waals surface area (Å²) in [4.78, 5) is 25.8. The third kappa shape index (κ3) is 7.85. The Kier molecular flexibility index (Phi) is 9.47. The average Bonchev–Trinajstić information content (AvgIpc) is 3.28. The molecule has 3 aromatic rings. The fraction of sp³-hybridized carbons (Fsp3) is 0.357. The number of aliphatic carboxylic acids is 1. The van der Waals surface area contributed by atoms with Crippen LogP contribution in [0.2, 0.25) is 0 Å². The lowest BCUT2D eigenvalue weighted by atomic mass is 9.95. The highest BCUT2D eigenvalue weighted by atomic mass is 32.2. The summed E-state index contributed by atoms with van der Waals surface area (Å²) >= 11 is 3.12. The fourth-order valence-corrected chi connectivity index (χ4v) is 6.81. The van der Waals surface area contributed by atoms with E-state index in [1.807, 2.05) is 19.9 Å². The smallest absolute Gasteiger partial charge is 0.416 e. The number of thiophene rings is 1. The molecule has 0 radical (unpaired) electrons. The van der Waals surface area contributed by atoms with Crippen molar-refractivity contribution in [3.63, 3.8) is 0 Å². The van der Waals surface area contributed by atoms with Gasteiger partial charge in [0.25, 0.3) is 5.91 Å². The Bertz CT molecular complexity index is 1230. The summed E-state index contributed by atoms with van der Waals surface area (Å²) in [5, 5.41) is 11.5. The number of hydrogen-bond donors (Lipinski definition) is 2. The topological polar surface area (TPSA) is 66.4 Å². The van der Waals surface area contributed by atoms with Gasteiger partial charge in [-0.05, 0) is 84.8 Å². The summed E-state index contributed by atoms with van der Waals surface area (Å²) in [6, 6.07) is 13.1. The lowest BCUT2D eigenvalue weighted by molar-refractivity contribution is -0.138. The zero-order chi connectivity index (χ0) is 27.3. The highest BCUT2D eigenvalue weighted by Crippen LogP contribution is 2.44. The first-order valence-corrected chi connectivity index (χ1v) is 13.6. The molecule has 0 saturated carbocycles. The lowest BCUT2D eigenvalue weighted by Gasteiger charge is -2.19. The Hall–Kier alpha value is -2.78. The number of hydrogen-bond acceptors (Lipinski definition) is 4. The summed E-state index contributed by atoms with van der Waals surface area (Å²) in [6.07, 6.45) is -3.60. The number of carboxylic acid groups (broad SMARTS) is 1. The number of carbonyl (C=O) groups is 2. The molecule has 0 spiro atoms. The molecule has 0 bridgehead atoms. The largest absolute Gasteiger partial charge is 0.481 e. The SMILES string of the molecule is Cc1cc(S[C@H](CC(C)C)c2ccc(C(=O)NCCC(=O)O)s2)cc(C)c1-c1ccc(C(F)(F)F)cc1. The van der Waals surface area contributed by atoms with Crippen molar-refractivity contribution in [2.45, 2.75) is 56.9 Å². The Morgan fingerprint density at radius 1 is 1.03 bits per heavy atom. The number of aryl methyl sites for hydroxylation is 2. The van der Waals surface area contributed by atoms with Gasteiger partial charge in [0, 0.05) is 21.6 Å². The van der Waals surface area contributed by atoms with Crippen LogP contribution in [-0.4, -0.2) is 23.5 Å². The van der Waals surface area contributed by atoms with Crippen molar-refractivity contribution >= 4 is 35.0 Å². The van der Waals surface area contributed by atoms with Crippen molar-refractivity contribution in [1.29, 1.82) is 0 Å². The van der Waals surface area contributed by atoms with Crippen molar-refractivity contribution in [1.82, 2.24) is 5.32 Å². The number of carbonyl (C=O) groups excluding carboxylic acids is 1. The van der Waals surface area contributed by atoms with E-state index < -0.39 is 17.7 Å². The highest BCUT2D eigenvalue weighted by molar-refractivity contribution is 7.99. The molecule has 0 fully saturated rings. The van der Waals surface area contributed by atoms with E-state index in [0.717, 1.165) is 50.6 Å². The molecule has 1 atom stereocenters. The van der Waals surface area contributed by atoms with Crippen molar-refractivity contribution in [3.8, 4) is 11.1 Å². The molecular formula is C28H30F3NO3S2. The molecule has 0 unspecified atom stereocenters. The number of halogens is 3. The van der Waals surface area contributed by atoms with Crippen LogP contribution in [0.1, 0.15) is 63.2 Å². The lowest BCUT2D eigenvalue weighted by Crippen LogP contribution is -2.25. The van der Waals surface area contributed by atoms with Gasteiger partial charge in [-0.15, -0.1) is 23.1 Å². The second-order valence-electron chi connectivity index (χ2n) is 9.34. The molecule has 1 heterocycles. The van der Waals surface area contributed by atoms with E-state index in [1.165, 1.54) is 23.5 Å². The van der Waals surface area contributed by atoms with Crippen LogP contribution in [-0.2, 0) is 11.0 Å². The zero-order valence-electron chi connectivity index (χ0n) is 21.1. The predicted octanol–water partition coefficient (Wildman–Crippen LogP) is 8.13. The maximum absolute atomic E-state index is 13.0. The van der Waals surface area contributed by atoms with E-state index in [9.17, 15) is 22.8 Å². The number of benzene rings is 2. The third-order valence-electron chi connectivity index (χ3n) is 5.76. The Morgan fingerprint density at radius 2 is 1.65 bits per heavy atom. The number of nitrogens with one attached hydrogen (secondary N) is 1. The van der Waals surface area contributed by atoms with Crippen molar-refractivity contribution in [3.05, 3.63) is 75.0 Å². The van der Waals surface area contributed by atoms with E-state index >= 15 is 0 Å². The molecule has 3 rings (SSSR count). The summed E-state index contributed by atoms with van der Waals surface area (Å²) in [6.45, 7) is 8.30. The number of alkyl halides is 3. The van der Waals surface area contributed by atoms with Gasteiger partial charge in [-0.2, -0.15) is 13.2 Å². The van der Waals surface area contributed by atoms with Gasteiger partial charge in [-0.25, -0.2) is 0 Å². The number of carboxylic acids is 1. The molecule has 2 aromatic carbocycles. The maximum Gasteiger partial charge on any atom is 0.416 e. The molecule has 0 aliphatic heterocycles. The van der Waals surface area contributed by atoms with E-state index in [1.54, 1.807) is 17.8 Å². The normalized spacial score (nSPS) is 12.5. The van der Waals surface area contributed by atoms with Crippen LogP contribution in [0.15, 0.2) is 53.4 Å². The van der Waals surface area contributed by atoms with Crippen LogP contribution >= 0.6 is 23.1 Å². The van der Waals surface area contributed by atoms with Crippen LogP contribution in [0, 0.1) is 19.8 Å². The fourth-order valence-electron chi connectivity index (χ4n) is 4.11. The molecular weight excluding hydrogens is 519 g/mol. The van der Waals surface area contributed by atoms with Crippen LogP contribution in [0.25, 0.3) is 11.1 Å². The predicted molar refractivity (Wildman–Crippen MR) is 143 cm³/mol. The summed E-state index contributed by atoms with van der Waals surface area (Å²) in [5.41, 5.74) is 2.97. The summed E-state index contributed by atoms with van der Waals surface area (Å²) in [5.74, 6) is -0.824. The van der Waals surface area contributed by atoms with E-state index in [-0.39, 0.29) is 24.1 Å². The van der Waals surface area contributed by atoms with Crippen LogP contribution in [0.5, 0.6) is 0 Å². The Balaban J connectivity index is 1.81. The quantitative estimate of drug-likeness (QED) is 0.251. The van der Waals surface area contributed by atoms with E-state index in [2.05, 4.69) is 31.3 Å². The molecule has 1 amide bonds. The average molecular weight is 550 g/mol. The first-order chi connectivity index (χ1) is 17.3. The maximum atomic E-state index is 13.0. The minimum absolute atomic E-state index is 0.0788. The first-order valence-electron chi connectivity index (χ1n) is 11.9. The van der Waals surface area contributed by atoms with E-state index in [0.29, 0.717) is 10.8 Å². The van der Waals surface area contributed by atoms with Gasteiger partial charge in [-0.1, -0.05) is 26.0 Å². The molecule has 9 heteroatoms. The van der Waals surface area contributed by atoms with Gasteiger partial charge in [0.05, 0.1) is 16.9 Å². The molecule has 0 aliphatic rings. The van der Waals surface area contributed by atoms with Gasteiger partial charge < -0.3 is 10.4 Å². The highest BCUT2D eigenvalue weighted by Gasteiger charge is 2.30.